The Hall–Kier alpha value is -13.0. The molecule has 10 heterocycles. The fourth-order valence-electron chi connectivity index (χ4n) is 15.8. The topological polar surface area (TPSA) is 414 Å². The van der Waals surface area contributed by atoms with E-state index < -0.39 is 46.2 Å². The van der Waals surface area contributed by atoms with Crippen LogP contribution in [0.3, 0.4) is 0 Å². The van der Waals surface area contributed by atoms with E-state index in [1.54, 1.807) is 112 Å². The summed E-state index contributed by atoms with van der Waals surface area (Å²) in [5.41, 5.74) is 17.8. The van der Waals surface area contributed by atoms with Crippen LogP contribution in [0.2, 0.25) is 26.2 Å². The van der Waals surface area contributed by atoms with Crippen LogP contribution < -0.4 is 27.1 Å². The monoisotopic (exact) mass is 2130 g/mol. The van der Waals surface area contributed by atoms with Crippen molar-refractivity contribution in [2.24, 2.45) is 5.73 Å². The summed E-state index contributed by atoms with van der Waals surface area (Å²) in [6.07, 6.45) is 9.28. The van der Waals surface area contributed by atoms with Crippen molar-refractivity contribution in [3.05, 3.63) is 332 Å². The highest BCUT2D eigenvalue weighted by atomic mass is 35.7. The van der Waals surface area contributed by atoms with E-state index in [-0.39, 0.29) is 46.2 Å². The van der Waals surface area contributed by atoms with Gasteiger partial charge >= 0.3 is 7.12 Å². The lowest BCUT2D eigenvalue weighted by molar-refractivity contribution is 0.426. The van der Waals surface area contributed by atoms with Crippen molar-refractivity contribution in [3.8, 4) is 22.8 Å². The van der Waals surface area contributed by atoms with E-state index >= 15 is 0 Å². The molecule has 0 amide bonds. The number of aryl methyl sites for hydroxylation is 9. The summed E-state index contributed by atoms with van der Waals surface area (Å²) in [5.74, 6) is 3.46. The third-order valence-corrected chi connectivity index (χ3v) is 31.8. The number of hydrogen-bond acceptors (Lipinski definition) is 24. The first kappa shape index (κ1) is 103. The molecular weight excluding hydrogens is 2040 g/mol. The summed E-state index contributed by atoms with van der Waals surface area (Å²) in [5, 5.41) is 39.3. The zero-order valence-electron chi connectivity index (χ0n) is 79.7. The van der Waals surface area contributed by atoms with Crippen LogP contribution in [0.15, 0.2) is 274 Å². The van der Waals surface area contributed by atoms with Crippen molar-refractivity contribution >= 4 is 225 Å². The number of aromatic nitrogens is 15. The number of anilines is 3. The number of benzene rings is 10. The zero-order chi connectivity index (χ0) is 103. The highest BCUT2D eigenvalue weighted by molar-refractivity contribution is 8.13. The van der Waals surface area contributed by atoms with E-state index in [0.717, 1.165) is 124 Å². The molecule has 4 saturated carbocycles. The minimum atomic E-state index is -3.83. The Morgan fingerprint density at radius 3 is 1.09 bits per heavy atom. The normalized spacial score (nSPS) is 13.5. The van der Waals surface area contributed by atoms with Gasteiger partial charge in [0.05, 0.1) is 46.5 Å². The van der Waals surface area contributed by atoms with Gasteiger partial charge < -0.3 is 41.7 Å². The first-order valence-electron chi connectivity index (χ1n) is 46.3. The van der Waals surface area contributed by atoms with Gasteiger partial charge in [-0.25, -0.2) is 80.5 Å². The number of nitrogens with one attached hydrogen (secondary N) is 5. The van der Waals surface area contributed by atoms with Crippen LogP contribution in [0, 0.1) is 62.3 Å². The van der Waals surface area contributed by atoms with Gasteiger partial charge in [-0.05, 0) is 277 Å². The van der Waals surface area contributed by atoms with Crippen LogP contribution >= 0.6 is 68.7 Å². The van der Waals surface area contributed by atoms with Gasteiger partial charge in [-0.2, -0.15) is 15.0 Å². The molecule has 4 aliphatic rings. The summed E-state index contributed by atoms with van der Waals surface area (Å²) >= 11 is 29.3. The molecule has 4 aliphatic carbocycles. The molecule has 10 aromatic heterocycles. The number of aromatic amines is 2. The number of fused-ring (bicyclic) bond motifs is 8. The summed E-state index contributed by atoms with van der Waals surface area (Å²) in [4.78, 5) is 50.4. The van der Waals surface area contributed by atoms with Crippen LogP contribution in [0.4, 0.5) is 17.5 Å². The van der Waals surface area contributed by atoms with Gasteiger partial charge in [0.1, 0.15) is 39.1 Å². The maximum absolute atomic E-state index is 13.7. The summed E-state index contributed by atoms with van der Waals surface area (Å²) in [6.45, 7) is 16.8. The average molecular weight is 2140 g/mol. The molecular formula is C105H98BCl6N19O10S4. The Morgan fingerprint density at radius 2 is 0.669 bits per heavy atom. The molecule has 9 N–H and O–H groups in total. The van der Waals surface area contributed by atoms with Gasteiger partial charge in [-0.1, -0.05) is 209 Å². The Morgan fingerprint density at radius 1 is 0.331 bits per heavy atom. The van der Waals surface area contributed by atoms with Crippen LogP contribution in [-0.2, 0) is 39.1 Å². The van der Waals surface area contributed by atoms with Crippen molar-refractivity contribution < 1.29 is 43.7 Å². The maximum Gasteiger partial charge on any atom is 0.489 e. The van der Waals surface area contributed by atoms with Crippen LogP contribution in [-0.4, -0.2) is 147 Å². The first-order valence-corrected chi connectivity index (χ1v) is 54.8. The smallest absolute Gasteiger partial charge is 0.423 e. The number of halogens is 6. The highest BCUT2D eigenvalue weighted by Crippen LogP contribution is 2.39. The van der Waals surface area contributed by atoms with E-state index in [0.29, 0.717) is 102 Å². The molecule has 4 fully saturated rings. The number of nitrogens with zero attached hydrogens (tertiary/aromatic N) is 13. The van der Waals surface area contributed by atoms with Gasteiger partial charge in [-0.15, -0.1) is 0 Å². The molecule has 0 aliphatic heterocycles. The van der Waals surface area contributed by atoms with Gasteiger partial charge in [0.25, 0.3) is 39.1 Å². The quantitative estimate of drug-likeness (QED) is 0.0193. The largest absolute Gasteiger partial charge is 0.489 e. The first-order chi connectivity index (χ1) is 69.2. The standard InChI is InChI=1S/C27H24N4O2S.C20H18N4.C17H17ClN4O2S.C14H11Cl2N3O2S.C10H9BO2.C7H5Cl2N3.C7H7ClO2S.C3H7N/c1-17-7-13-23(14-8-17)34(32,33)31-18(2)15-24-26(28-22-11-12-22)29-25(30-27(24)31)21-10-9-19-5-3-4-6-20(19)16-21;1-12-10-17-19(21-12)23-18(24-20(17)22-16-8-9-16)15-7-6-13-4-2-3-5-14(13)11-15;1-10-3-7-13(8-4-10)25(23,24)22-11(2)9-14-15(19-12-5-6-12)20-17(18)21-16(14)22;1-8-3-5-10(6-4-8)22(20,21)19-9(2)7-11-12(15)17-14(16)18-13(11)19;12-11(13)10-7-3-5-8-4-1-2-6-9(8)10;1-3-2-4-5(8)11-7(9)12-6(4)10-3;1-6-2-4-7(5-3-6)11(8,9)10;4-3-1-2-3/h3-10,13-16,22H,11-12H2,1-2H3,(H,28,29,30);2-7,10-11,16H,8-9H2,1H3,(H2,21,22,23,24);3-4,7-9,12H,5-6H2,1-2H3,(H,19,20,21);3-7H,1-2H3;1-7,12-13H;2H,1H3,(H,10,11,12);2-5H,1H3;3H,1-2,4H2. The van der Waals surface area contributed by atoms with Gasteiger partial charge in [0.2, 0.25) is 15.9 Å². The number of H-pyrrole nitrogens is 2. The molecule has 145 heavy (non-hydrogen) atoms. The van der Waals surface area contributed by atoms with Gasteiger partial charge in [0, 0.05) is 74.4 Å². The van der Waals surface area contributed by atoms with Gasteiger partial charge in [0.15, 0.2) is 28.6 Å². The van der Waals surface area contributed by atoms with Crippen molar-refractivity contribution in [2.75, 3.05) is 16.0 Å². The van der Waals surface area contributed by atoms with E-state index in [1.807, 2.05) is 126 Å². The molecule has 0 radical (unpaired) electrons. The number of hydrogen-bond donors (Lipinski definition) is 8. The van der Waals surface area contributed by atoms with Crippen molar-refractivity contribution in [3.63, 3.8) is 0 Å². The molecule has 0 spiro atoms. The van der Waals surface area contributed by atoms with Crippen molar-refractivity contribution in [1.82, 2.24) is 71.7 Å². The molecule has 24 rings (SSSR count). The molecule has 0 bridgehead atoms. The summed E-state index contributed by atoms with van der Waals surface area (Å²) in [7, 11) is -11.3. The zero-order valence-corrected chi connectivity index (χ0v) is 87.5. The highest BCUT2D eigenvalue weighted by Gasteiger charge is 2.33. The van der Waals surface area contributed by atoms with Crippen molar-refractivity contribution in [1.29, 1.82) is 0 Å². The van der Waals surface area contributed by atoms with Crippen LogP contribution in [0.25, 0.3) is 110 Å². The molecule has 0 atom stereocenters. The van der Waals surface area contributed by atoms with E-state index in [4.69, 9.17) is 104 Å². The Kier molecular flexibility index (Phi) is 30.9. The maximum atomic E-state index is 13.7. The third kappa shape index (κ3) is 24.5. The second-order valence-electron chi connectivity index (χ2n) is 35.9. The molecule has 40 heteroatoms. The summed E-state index contributed by atoms with van der Waals surface area (Å²) < 4.78 is 105. The van der Waals surface area contributed by atoms with E-state index in [9.17, 15) is 33.7 Å². The molecule has 20 aromatic rings. The number of nitrogens with two attached hydrogens (primary N) is 1. The van der Waals surface area contributed by atoms with E-state index in [2.05, 4.69) is 123 Å². The lowest BCUT2D eigenvalue weighted by atomic mass is 9.77. The Bertz CT molecular complexity index is 8790. The lowest BCUT2D eigenvalue weighted by Gasteiger charge is -2.12. The fraction of sp³-hybridized carbons (Fsp3) is 0.200. The predicted octanol–water partition coefficient (Wildman–Crippen LogP) is 22.6. The minimum Gasteiger partial charge on any atom is -0.423 e. The average Bonchev–Trinajstić information content (AvgIpc) is 1.60. The lowest BCUT2D eigenvalue weighted by Crippen LogP contribution is -2.30. The van der Waals surface area contributed by atoms with Gasteiger partial charge in [-0.3, -0.25) is 0 Å². The number of rotatable bonds is 16. The second kappa shape index (κ2) is 43.3. The molecule has 0 unspecified atom stereocenters. The van der Waals surface area contributed by atoms with E-state index in [1.165, 1.54) is 56.5 Å². The molecule has 29 nitrogen and oxygen atoms in total. The Labute approximate surface area is 867 Å². The Balaban J connectivity index is 0.000000119. The fourth-order valence-corrected chi connectivity index (χ4v) is 22.1. The minimum absolute atomic E-state index is 0.0223. The SMILES string of the molecule is Cc1cc2c(Cl)nc(Cl)nc2[nH]1.Cc1cc2c(NC3CC3)nc(-c3ccc4ccccc4c3)nc2[nH]1.Cc1ccc(S(=O)(=O)Cl)cc1.Cc1ccc(S(=O)(=O)n2c(C)cc3c(Cl)nc(Cl)nc32)cc1.Cc1ccc(S(=O)(=O)n2c(C)cc3c(NC4CC4)nc(-c4ccc5ccccc5c4)nc32)cc1.Cc1ccc(S(=O)(=O)n2c(C)cc3c(NC4CC4)nc(Cl)nc32)cc1.NC1CC1.OB(O)c1cccc2ccccc12. The van der Waals surface area contributed by atoms with Crippen LogP contribution in [0.5, 0.6) is 0 Å². The second-order valence-corrected chi connectivity index (χ2v) is 45.5. The molecule has 742 valence electrons. The van der Waals surface area contributed by atoms with Crippen LogP contribution in [0.1, 0.15) is 102 Å². The molecule has 10 aromatic carbocycles. The predicted molar refractivity (Wildman–Crippen MR) is 581 cm³/mol. The summed E-state index contributed by atoms with van der Waals surface area (Å²) in [6, 6.07) is 79.8. The third-order valence-electron chi connectivity index (χ3n) is 23.9. The molecule has 0 saturated heterocycles. The van der Waals surface area contributed by atoms with Crippen molar-refractivity contribution in [2.45, 2.75) is 157 Å².